The SMILES string of the molecule is Cc1csc(-c2ccc(OCc3cc(Cl)cc4c3OCOC4)cc2)n1. The van der Waals surface area contributed by atoms with E-state index in [2.05, 4.69) is 4.98 Å². The van der Waals surface area contributed by atoms with Crippen LogP contribution < -0.4 is 9.47 Å². The smallest absolute Gasteiger partial charge is 0.189 e. The third-order valence-electron chi connectivity index (χ3n) is 3.87. The maximum Gasteiger partial charge on any atom is 0.189 e. The Morgan fingerprint density at radius 3 is 2.84 bits per heavy atom. The molecule has 3 aromatic rings. The standard InChI is InChI=1S/C19H16ClNO3S/c1-12-10-25-19(21-12)13-2-4-17(5-3-13)23-9-15-7-16(20)6-14-8-22-11-24-18(14)15/h2-7,10H,8-9,11H2,1H3. The number of halogens is 1. The molecule has 4 nitrogen and oxygen atoms in total. The van der Waals surface area contributed by atoms with E-state index in [1.165, 1.54) is 0 Å². The summed E-state index contributed by atoms with van der Waals surface area (Å²) in [5.41, 5.74) is 4.00. The van der Waals surface area contributed by atoms with E-state index >= 15 is 0 Å². The minimum absolute atomic E-state index is 0.254. The molecular formula is C19H16ClNO3S. The lowest BCUT2D eigenvalue weighted by Crippen LogP contribution is -2.14. The van der Waals surface area contributed by atoms with Gasteiger partial charge in [-0.3, -0.25) is 0 Å². The fourth-order valence-corrected chi connectivity index (χ4v) is 3.77. The number of benzene rings is 2. The fourth-order valence-electron chi connectivity index (χ4n) is 2.71. The van der Waals surface area contributed by atoms with Crippen LogP contribution in [0.3, 0.4) is 0 Å². The number of hydrogen-bond donors (Lipinski definition) is 0. The second-order valence-corrected chi connectivity index (χ2v) is 7.07. The van der Waals surface area contributed by atoms with Crippen molar-refractivity contribution in [1.29, 1.82) is 0 Å². The van der Waals surface area contributed by atoms with Gasteiger partial charge < -0.3 is 14.2 Å². The molecule has 2 heterocycles. The van der Waals surface area contributed by atoms with E-state index in [0.29, 0.717) is 18.2 Å². The highest BCUT2D eigenvalue weighted by molar-refractivity contribution is 7.13. The van der Waals surface area contributed by atoms with Gasteiger partial charge in [0, 0.05) is 32.8 Å². The number of fused-ring (bicyclic) bond motifs is 1. The predicted octanol–water partition coefficient (Wildman–Crippen LogP) is 5.22. The first kappa shape index (κ1) is 16.4. The number of nitrogens with zero attached hydrogens (tertiary/aromatic N) is 1. The second-order valence-electron chi connectivity index (χ2n) is 5.77. The molecule has 4 rings (SSSR count). The van der Waals surface area contributed by atoms with Gasteiger partial charge in [-0.2, -0.15) is 0 Å². The molecule has 1 aliphatic rings. The molecule has 0 amide bonds. The van der Waals surface area contributed by atoms with Crippen LogP contribution in [0.1, 0.15) is 16.8 Å². The first-order valence-electron chi connectivity index (χ1n) is 7.86. The maximum absolute atomic E-state index is 6.18. The lowest BCUT2D eigenvalue weighted by Gasteiger charge is -2.21. The van der Waals surface area contributed by atoms with Gasteiger partial charge >= 0.3 is 0 Å². The minimum atomic E-state index is 0.254. The van der Waals surface area contributed by atoms with Crippen LogP contribution in [0, 0.1) is 6.92 Å². The molecule has 0 spiro atoms. The van der Waals surface area contributed by atoms with Crippen LogP contribution in [0.25, 0.3) is 10.6 Å². The summed E-state index contributed by atoms with van der Waals surface area (Å²) in [6, 6.07) is 11.7. The van der Waals surface area contributed by atoms with E-state index < -0.39 is 0 Å². The van der Waals surface area contributed by atoms with E-state index in [4.69, 9.17) is 25.8 Å². The number of ether oxygens (including phenoxy) is 3. The zero-order valence-electron chi connectivity index (χ0n) is 13.6. The van der Waals surface area contributed by atoms with E-state index in [0.717, 1.165) is 38.9 Å². The van der Waals surface area contributed by atoms with Gasteiger partial charge in [0.05, 0.1) is 6.61 Å². The Morgan fingerprint density at radius 2 is 2.08 bits per heavy atom. The Hall–Kier alpha value is -2.08. The van der Waals surface area contributed by atoms with Gasteiger partial charge in [0.1, 0.15) is 23.1 Å². The summed E-state index contributed by atoms with van der Waals surface area (Å²) in [6.45, 7) is 3.14. The van der Waals surface area contributed by atoms with Crippen molar-refractivity contribution < 1.29 is 14.2 Å². The Bertz CT molecular complexity index is 892. The number of rotatable bonds is 4. The molecule has 0 radical (unpaired) electrons. The first-order valence-corrected chi connectivity index (χ1v) is 9.12. The van der Waals surface area contributed by atoms with Crippen LogP contribution in [0.5, 0.6) is 11.5 Å². The number of thiazole rings is 1. The van der Waals surface area contributed by atoms with Crippen LogP contribution >= 0.6 is 22.9 Å². The molecule has 2 aromatic carbocycles. The Kier molecular flexibility index (Phi) is 4.61. The third-order valence-corrected chi connectivity index (χ3v) is 5.09. The lowest BCUT2D eigenvalue weighted by atomic mass is 10.1. The Labute approximate surface area is 155 Å². The van der Waals surface area contributed by atoms with E-state index in [1.54, 1.807) is 11.3 Å². The largest absolute Gasteiger partial charge is 0.489 e. The zero-order chi connectivity index (χ0) is 17.2. The van der Waals surface area contributed by atoms with Crippen LogP contribution in [0.15, 0.2) is 41.8 Å². The average Bonchev–Trinajstić information content (AvgIpc) is 3.06. The molecule has 0 saturated carbocycles. The van der Waals surface area contributed by atoms with Crippen molar-refractivity contribution in [2.45, 2.75) is 20.1 Å². The Balaban J connectivity index is 1.49. The predicted molar refractivity (Wildman–Crippen MR) is 98.4 cm³/mol. The van der Waals surface area contributed by atoms with Crippen LogP contribution in [0.4, 0.5) is 0 Å². The van der Waals surface area contributed by atoms with E-state index in [9.17, 15) is 0 Å². The molecule has 0 atom stereocenters. The highest BCUT2D eigenvalue weighted by Gasteiger charge is 2.16. The van der Waals surface area contributed by atoms with Crippen molar-refractivity contribution in [3.8, 4) is 22.1 Å². The van der Waals surface area contributed by atoms with Crippen molar-refractivity contribution in [3.05, 3.63) is 63.6 Å². The van der Waals surface area contributed by atoms with Gasteiger partial charge in [0.2, 0.25) is 0 Å². The summed E-state index contributed by atoms with van der Waals surface area (Å²) in [7, 11) is 0. The van der Waals surface area contributed by atoms with Crippen molar-refractivity contribution in [2.75, 3.05) is 6.79 Å². The highest BCUT2D eigenvalue weighted by Crippen LogP contribution is 2.32. The quantitative estimate of drug-likeness (QED) is 0.628. The number of hydrogen-bond acceptors (Lipinski definition) is 5. The Morgan fingerprint density at radius 1 is 1.24 bits per heavy atom. The highest BCUT2D eigenvalue weighted by atomic mass is 35.5. The van der Waals surface area contributed by atoms with Crippen LogP contribution in [0.2, 0.25) is 5.02 Å². The van der Waals surface area contributed by atoms with Crippen molar-refractivity contribution in [3.63, 3.8) is 0 Å². The van der Waals surface area contributed by atoms with Gasteiger partial charge in [-0.25, -0.2) is 4.98 Å². The summed E-state index contributed by atoms with van der Waals surface area (Å²) >= 11 is 7.82. The molecular weight excluding hydrogens is 358 g/mol. The molecule has 0 N–H and O–H groups in total. The van der Waals surface area contributed by atoms with Gasteiger partial charge in [-0.05, 0) is 43.3 Å². The maximum atomic E-state index is 6.18. The van der Waals surface area contributed by atoms with Gasteiger partial charge in [-0.1, -0.05) is 11.6 Å². The summed E-state index contributed by atoms with van der Waals surface area (Å²) in [4.78, 5) is 4.50. The average molecular weight is 374 g/mol. The third kappa shape index (κ3) is 3.63. The van der Waals surface area contributed by atoms with Crippen molar-refractivity contribution in [1.82, 2.24) is 4.98 Å². The molecule has 0 saturated heterocycles. The molecule has 25 heavy (non-hydrogen) atoms. The van der Waals surface area contributed by atoms with E-state index in [1.807, 2.05) is 48.7 Å². The lowest BCUT2D eigenvalue weighted by molar-refractivity contribution is -0.0175. The summed E-state index contributed by atoms with van der Waals surface area (Å²) < 4.78 is 16.8. The monoisotopic (exact) mass is 373 g/mol. The summed E-state index contributed by atoms with van der Waals surface area (Å²) in [5, 5.41) is 3.72. The number of aryl methyl sites for hydroxylation is 1. The molecule has 0 aliphatic carbocycles. The first-order chi connectivity index (χ1) is 12.2. The van der Waals surface area contributed by atoms with Gasteiger partial charge in [0.25, 0.3) is 0 Å². The molecule has 0 fully saturated rings. The van der Waals surface area contributed by atoms with Crippen molar-refractivity contribution >= 4 is 22.9 Å². The van der Waals surface area contributed by atoms with Crippen molar-refractivity contribution in [2.24, 2.45) is 0 Å². The van der Waals surface area contributed by atoms with E-state index in [-0.39, 0.29) is 6.79 Å². The van der Waals surface area contributed by atoms with Gasteiger partial charge in [0.15, 0.2) is 6.79 Å². The number of aromatic nitrogens is 1. The minimum Gasteiger partial charge on any atom is -0.489 e. The molecule has 1 aliphatic heterocycles. The second kappa shape index (κ2) is 7.04. The topological polar surface area (TPSA) is 40.6 Å². The molecule has 0 unspecified atom stereocenters. The normalized spacial score (nSPS) is 13.2. The van der Waals surface area contributed by atoms with Crippen LogP contribution in [-0.2, 0) is 18.0 Å². The van der Waals surface area contributed by atoms with Gasteiger partial charge in [-0.15, -0.1) is 11.3 Å². The summed E-state index contributed by atoms with van der Waals surface area (Å²) in [5.74, 6) is 1.60. The molecule has 6 heteroatoms. The summed E-state index contributed by atoms with van der Waals surface area (Å²) in [6.07, 6.45) is 0. The zero-order valence-corrected chi connectivity index (χ0v) is 15.2. The molecule has 128 valence electrons. The fraction of sp³-hybridized carbons (Fsp3) is 0.211. The molecule has 1 aromatic heterocycles. The molecule has 0 bridgehead atoms. The van der Waals surface area contributed by atoms with Crippen LogP contribution in [-0.4, -0.2) is 11.8 Å².